The molecule has 1 aliphatic heterocycles. The maximum absolute atomic E-state index is 12.7. The van der Waals surface area contributed by atoms with Gasteiger partial charge in [-0.1, -0.05) is 25.0 Å². The Labute approximate surface area is 139 Å². The van der Waals surface area contributed by atoms with E-state index >= 15 is 0 Å². The van der Waals surface area contributed by atoms with Crippen LogP contribution in [0, 0.1) is 0 Å². The van der Waals surface area contributed by atoms with Crippen LogP contribution in [0.2, 0.25) is 0 Å². The zero-order chi connectivity index (χ0) is 16.1. The third-order valence-corrected chi connectivity index (χ3v) is 5.02. The second-order valence-electron chi connectivity index (χ2n) is 6.78. The van der Waals surface area contributed by atoms with Gasteiger partial charge in [0.05, 0.1) is 5.56 Å². The van der Waals surface area contributed by atoms with E-state index in [0.717, 1.165) is 44.5 Å². The molecule has 4 nitrogen and oxygen atoms in total. The number of rotatable bonds is 0. The average molecular weight is 316 g/mol. The Bertz CT molecular complexity index is 532. The number of para-hydroxylation sites is 1. The minimum Gasteiger partial charge on any atom is -0.488 e. The molecule has 1 amide bonds. The number of amides is 1. The summed E-state index contributed by atoms with van der Waals surface area (Å²) in [5.41, 5.74) is 0.693. The van der Waals surface area contributed by atoms with Crippen molar-refractivity contribution in [2.75, 3.05) is 20.1 Å². The van der Waals surface area contributed by atoms with E-state index in [0.29, 0.717) is 11.6 Å². The molecule has 1 aromatic rings. The highest BCUT2D eigenvalue weighted by molar-refractivity contribution is 5.96. The molecule has 0 radical (unpaired) electrons. The summed E-state index contributed by atoms with van der Waals surface area (Å²) in [4.78, 5) is 14.6. The van der Waals surface area contributed by atoms with Crippen LogP contribution >= 0.6 is 0 Å². The fraction of sp³-hybridized carbons (Fsp3) is 0.632. The zero-order valence-corrected chi connectivity index (χ0v) is 14.1. The Morgan fingerprint density at radius 1 is 1.09 bits per heavy atom. The van der Waals surface area contributed by atoms with Crippen molar-refractivity contribution >= 4 is 5.91 Å². The smallest absolute Gasteiger partial charge is 0.257 e. The van der Waals surface area contributed by atoms with Crippen molar-refractivity contribution in [3.8, 4) is 5.75 Å². The summed E-state index contributed by atoms with van der Waals surface area (Å²) in [5, 5.41) is 3.69. The third-order valence-electron chi connectivity index (χ3n) is 5.02. The van der Waals surface area contributed by atoms with Gasteiger partial charge in [0.15, 0.2) is 0 Å². The predicted molar refractivity (Wildman–Crippen MR) is 91.9 cm³/mol. The van der Waals surface area contributed by atoms with Crippen LogP contribution in [0.1, 0.15) is 55.3 Å². The summed E-state index contributed by atoms with van der Waals surface area (Å²) in [5.74, 6) is 0.808. The van der Waals surface area contributed by atoms with Crippen LogP contribution in [0.15, 0.2) is 24.3 Å². The Hall–Kier alpha value is -1.55. The van der Waals surface area contributed by atoms with Crippen LogP contribution < -0.4 is 10.1 Å². The van der Waals surface area contributed by atoms with E-state index < -0.39 is 0 Å². The van der Waals surface area contributed by atoms with Gasteiger partial charge in [-0.3, -0.25) is 4.79 Å². The minimum absolute atomic E-state index is 0.0696. The molecule has 0 spiro atoms. The summed E-state index contributed by atoms with van der Waals surface area (Å²) in [6, 6.07) is 8.11. The molecule has 0 aromatic heterocycles. The van der Waals surface area contributed by atoms with E-state index in [-0.39, 0.29) is 12.0 Å². The van der Waals surface area contributed by atoms with Crippen molar-refractivity contribution < 1.29 is 9.53 Å². The van der Waals surface area contributed by atoms with E-state index in [9.17, 15) is 4.79 Å². The number of fused-ring (bicyclic) bond motifs is 2. The van der Waals surface area contributed by atoms with Gasteiger partial charge in [0.1, 0.15) is 11.9 Å². The van der Waals surface area contributed by atoms with Gasteiger partial charge < -0.3 is 15.0 Å². The minimum atomic E-state index is 0.0696. The highest BCUT2D eigenvalue weighted by Crippen LogP contribution is 2.27. The van der Waals surface area contributed by atoms with Crippen LogP contribution in [0.5, 0.6) is 5.75 Å². The van der Waals surface area contributed by atoms with Crippen LogP contribution in [0.4, 0.5) is 0 Å². The second kappa shape index (κ2) is 7.82. The van der Waals surface area contributed by atoms with Crippen molar-refractivity contribution in [2.45, 2.75) is 57.1 Å². The van der Waals surface area contributed by atoms with Gasteiger partial charge in [-0.2, -0.15) is 0 Å². The highest BCUT2D eigenvalue weighted by atomic mass is 16.5. The van der Waals surface area contributed by atoms with Gasteiger partial charge in [-0.05, 0) is 50.8 Å². The largest absolute Gasteiger partial charge is 0.488 e. The topological polar surface area (TPSA) is 41.6 Å². The number of hydrogen-bond acceptors (Lipinski definition) is 3. The van der Waals surface area contributed by atoms with E-state index in [2.05, 4.69) is 5.32 Å². The summed E-state index contributed by atoms with van der Waals surface area (Å²) < 4.78 is 6.32. The van der Waals surface area contributed by atoms with Gasteiger partial charge >= 0.3 is 0 Å². The first-order valence-electron chi connectivity index (χ1n) is 9.00. The van der Waals surface area contributed by atoms with Gasteiger partial charge in [-0.15, -0.1) is 0 Å². The van der Waals surface area contributed by atoms with Crippen molar-refractivity contribution in [3.05, 3.63) is 29.8 Å². The first kappa shape index (κ1) is 16.3. The lowest BCUT2D eigenvalue weighted by atomic mass is 9.92. The van der Waals surface area contributed by atoms with Crippen LogP contribution in [0.25, 0.3) is 0 Å². The lowest BCUT2D eigenvalue weighted by Crippen LogP contribution is -2.45. The van der Waals surface area contributed by atoms with E-state index in [1.165, 1.54) is 19.3 Å². The predicted octanol–water partition coefficient (Wildman–Crippen LogP) is 3.22. The lowest BCUT2D eigenvalue weighted by Gasteiger charge is -2.33. The van der Waals surface area contributed by atoms with E-state index in [1.54, 1.807) is 0 Å². The van der Waals surface area contributed by atoms with Crippen molar-refractivity contribution in [3.63, 3.8) is 0 Å². The monoisotopic (exact) mass is 316 g/mol. The summed E-state index contributed by atoms with van der Waals surface area (Å²) in [6.07, 6.45) is 8.25. The highest BCUT2D eigenvalue weighted by Gasteiger charge is 2.28. The Morgan fingerprint density at radius 3 is 2.83 bits per heavy atom. The van der Waals surface area contributed by atoms with Gasteiger partial charge in [-0.25, -0.2) is 0 Å². The number of nitrogens with zero attached hydrogens (tertiary/aromatic N) is 1. The Balaban J connectivity index is 1.86. The van der Waals surface area contributed by atoms with E-state index in [4.69, 9.17) is 4.74 Å². The zero-order valence-electron chi connectivity index (χ0n) is 14.1. The molecule has 0 bridgehead atoms. The molecule has 3 rings (SSSR count). The summed E-state index contributed by atoms with van der Waals surface area (Å²) in [6.45, 7) is 1.85. The molecule has 1 aromatic carbocycles. The molecular formula is C19H28N2O2. The maximum atomic E-state index is 12.7. The molecule has 0 unspecified atom stereocenters. The quantitative estimate of drug-likeness (QED) is 0.799. The van der Waals surface area contributed by atoms with Crippen LogP contribution in [-0.4, -0.2) is 43.1 Å². The first-order valence-corrected chi connectivity index (χ1v) is 9.00. The molecule has 1 N–H and O–H groups in total. The summed E-state index contributed by atoms with van der Waals surface area (Å²) >= 11 is 0. The molecule has 2 aliphatic rings. The number of nitrogens with one attached hydrogen (secondary N) is 1. The number of carbonyl (C=O) groups excluding carboxylic acids is 1. The van der Waals surface area contributed by atoms with Crippen LogP contribution in [0.3, 0.4) is 0 Å². The number of benzene rings is 1. The number of carbonyl (C=O) groups is 1. The molecule has 23 heavy (non-hydrogen) atoms. The third kappa shape index (κ3) is 4.05. The maximum Gasteiger partial charge on any atom is 0.257 e. The summed E-state index contributed by atoms with van der Waals surface area (Å²) in [7, 11) is 1.89. The van der Waals surface area contributed by atoms with Crippen molar-refractivity contribution in [1.82, 2.24) is 10.2 Å². The average Bonchev–Trinajstić information content (AvgIpc) is 2.59. The molecule has 126 valence electrons. The first-order chi connectivity index (χ1) is 11.3. The normalized spacial score (nSPS) is 26.8. The fourth-order valence-electron chi connectivity index (χ4n) is 3.63. The molecular weight excluding hydrogens is 288 g/mol. The molecule has 0 saturated heterocycles. The van der Waals surface area contributed by atoms with Gasteiger partial charge in [0, 0.05) is 19.6 Å². The number of ether oxygens (including phenoxy) is 1. The molecule has 4 heteroatoms. The standard InChI is InChI=1S/C19H28N2O2/c1-21-14-8-2-7-13-20-16-10-4-6-12-18(16)23-17-11-5-3-9-15(17)19(21)22/h3,5,9,11,16,18,20H,2,4,6-8,10,12-14H2,1H3/t16-,18+/m1/s1. The molecule has 1 heterocycles. The SMILES string of the molecule is CN1CCCCCN[C@@H]2CCCC[C@@H]2Oc2ccccc2C1=O. The van der Waals surface area contributed by atoms with E-state index in [1.807, 2.05) is 36.2 Å². The molecule has 1 saturated carbocycles. The molecule has 1 aliphatic carbocycles. The fourth-order valence-corrected chi connectivity index (χ4v) is 3.63. The molecule has 2 atom stereocenters. The van der Waals surface area contributed by atoms with Crippen molar-refractivity contribution in [1.29, 1.82) is 0 Å². The lowest BCUT2D eigenvalue weighted by molar-refractivity contribution is 0.0776. The van der Waals surface area contributed by atoms with Gasteiger partial charge in [0.25, 0.3) is 5.91 Å². The van der Waals surface area contributed by atoms with Crippen LogP contribution in [-0.2, 0) is 0 Å². The Morgan fingerprint density at radius 2 is 1.91 bits per heavy atom. The molecule has 1 fully saturated rings. The Kier molecular flexibility index (Phi) is 5.55. The van der Waals surface area contributed by atoms with Crippen molar-refractivity contribution in [2.24, 2.45) is 0 Å². The second-order valence-corrected chi connectivity index (χ2v) is 6.78. The van der Waals surface area contributed by atoms with Gasteiger partial charge in [0.2, 0.25) is 0 Å². The number of hydrogen-bond donors (Lipinski definition) is 1.